The number of likely N-dealkylation sites (N-methyl/N-ethyl adjacent to an activating group) is 1. The van der Waals surface area contributed by atoms with E-state index in [0.29, 0.717) is 35.8 Å². The molecular formula is C29H33FN6O2. The van der Waals surface area contributed by atoms with Crippen molar-refractivity contribution in [2.75, 3.05) is 45.3 Å². The van der Waals surface area contributed by atoms with E-state index in [1.807, 2.05) is 36.5 Å². The van der Waals surface area contributed by atoms with E-state index in [4.69, 9.17) is 14.5 Å². The molecule has 3 atom stereocenters. The zero-order chi connectivity index (χ0) is 25.8. The van der Waals surface area contributed by atoms with Crippen LogP contribution in [0.2, 0.25) is 0 Å². The minimum atomic E-state index is -0.365. The number of rotatable bonds is 6. The van der Waals surface area contributed by atoms with E-state index in [9.17, 15) is 0 Å². The molecule has 7 rings (SSSR count). The molecule has 3 aliphatic heterocycles. The van der Waals surface area contributed by atoms with Crippen molar-refractivity contribution < 1.29 is 13.9 Å². The number of hydrogen-bond acceptors (Lipinski definition) is 7. The van der Waals surface area contributed by atoms with Gasteiger partial charge in [-0.25, -0.2) is 4.39 Å². The second-order valence-corrected chi connectivity index (χ2v) is 10.9. The van der Waals surface area contributed by atoms with Gasteiger partial charge >= 0.3 is 6.01 Å². The van der Waals surface area contributed by atoms with Crippen molar-refractivity contribution in [3.63, 3.8) is 0 Å². The molecule has 2 N–H and O–H groups in total. The molecule has 2 aromatic heterocycles. The minimum absolute atomic E-state index is 0.246. The number of methoxy groups -OCH3 is 1. The number of aromatic amines is 1. The Bertz CT molecular complexity index is 1490. The summed E-state index contributed by atoms with van der Waals surface area (Å²) in [5, 5.41) is 5.29. The number of anilines is 1. The van der Waals surface area contributed by atoms with Crippen LogP contribution in [0.15, 0.2) is 36.5 Å². The van der Waals surface area contributed by atoms with Gasteiger partial charge in [0.15, 0.2) is 5.82 Å². The minimum Gasteiger partial charge on any atom is -0.497 e. The first-order valence-corrected chi connectivity index (χ1v) is 13.6. The highest BCUT2D eigenvalue weighted by molar-refractivity contribution is 6.00. The molecule has 0 saturated carbocycles. The highest BCUT2D eigenvalue weighted by Gasteiger charge is 2.34. The van der Waals surface area contributed by atoms with Gasteiger partial charge in [0.2, 0.25) is 0 Å². The van der Waals surface area contributed by atoms with Crippen LogP contribution in [0, 0.1) is 5.82 Å². The molecule has 0 aliphatic carbocycles. The Balaban J connectivity index is 1.33. The lowest BCUT2D eigenvalue weighted by molar-refractivity contribution is 0.188. The van der Waals surface area contributed by atoms with Crippen molar-refractivity contribution in [1.29, 1.82) is 0 Å². The highest BCUT2D eigenvalue weighted by atomic mass is 19.1. The van der Waals surface area contributed by atoms with Gasteiger partial charge in [0.1, 0.15) is 23.7 Å². The molecule has 5 heterocycles. The molecule has 3 aliphatic rings. The number of halogens is 1. The molecule has 3 fully saturated rings. The Morgan fingerprint density at radius 3 is 2.63 bits per heavy atom. The monoisotopic (exact) mass is 516 g/mol. The van der Waals surface area contributed by atoms with Gasteiger partial charge in [0.25, 0.3) is 0 Å². The third-order valence-corrected chi connectivity index (χ3v) is 8.54. The molecule has 0 radical (unpaired) electrons. The lowest BCUT2D eigenvalue weighted by Crippen LogP contribution is -2.51. The summed E-state index contributed by atoms with van der Waals surface area (Å²) in [5.74, 6) is 1.12. The zero-order valence-electron chi connectivity index (χ0n) is 21.8. The van der Waals surface area contributed by atoms with Crippen LogP contribution in [0.1, 0.15) is 25.7 Å². The number of ether oxygens (including phenoxy) is 2. The fraction of sp³-hybridized carbons (Fsp3) is 0.448. The Morgan fingerprint density at radius 2 is 1.87 bits per heavy atom. The van der Waals surface area contributed by atoms with Crippen LogP contribution in [0.5, 0.6) is 11.8 Å². The second-order valence-electron chi connectivity index (χ2n) is 10.9. The van der Waals surface area contributed by atoms with Crippen LogP contribution >= 0.6 is 0 Å². The smallest absolute Gasteiger partial charge is 0.319 e. The van der Waals surface area contributed by atoms with Gasteiger partial charge in [-0.05, 0) is 63.5 Å². The SMILES string of the molecule is COc1ccc2[nH]cc(-c3ccc4c(N5C[C@H]6CC[C@@H](C5)N6)nc(OC[C@@H]5CCCN5C)nc4c3F)c2c1. The van der Waals surface area contributed by atoms with Crippen molar-refractivity contribution >= 4 is 27.6 Å². The normalized spacial score (nSPS) is 23.6. The number of hydrogen-bond donors (Lipinski definition) is 2. The van der Waals surface area contributed by atoms with Gasteiger partial charge in [0.05, 0.1) is 7.11 Å². The van der Waals surface area contributed by atoms with Crippen molar-refractivity contribution in [3.05, 3.63) is 42.3 Å². The summed E-state index contributed by atoms with van der Waals surface area (Å²) in [6.45, 7) is 3.25. The molecule has 0 amide bonds. The largest absolute Gasteiger partial charge is 0.497 e. The van der Waals surface area contributed by atoms with Crippen molar-refractivity contribution in [1.82, 2.24) is 25.2 Å². The summed E-state index contributed by atoms with van der Waals surface area (Å²) in [6.07, 6.45) is 6.40. The van der Waals surface area contributed by atoms with Crippen LogP contribution in [0.25, 0.3) is 32.9 Å². The topological polar surface area (TPSA) is 78.5 Å². The van der Waals surface area contributed by atoms with E-state index < -0.39 is 0 Å². The molecule has 3 saturated heterocycles. The molecule has 8 nitrogen and oxygen atoms in total. The molecule has 38 heavy (non-hydrogen) atoms. The van der Waals surface area contributed by atoms with Gasteiger partial charge in [-0.1, -0.05) is 6.07 Å². The van der Waals surface area contributed by atoms with Gasteiger partial charge in [-0.2, -0.15) is 9.97 Å². The first kappa shape index (κ1) is 23.7. The first-order chi connectivity index (χ1) is 18.6. The molecule has 4 aromatic rings. The van der Waals surface area contributed by atoms with Crippen LogP contribution in [0.3, 0.4) is 0 Å². The number of fused-ring (bicyclic) bond motifs is 4. The van der Waals surface area contributed by atoms with Crippen molar-refractivity contribution in [2.45, 2.75) is 43.8 Å². The van der Waals surface area contributed by atoms with E-state index in [-0.39, 0.29) is 11.8 Å². The fourth-order valence-corrected chi connectivity index (χ4v) is 6.42. The maximum atomic E-state index is 16.4. The molecule has 198 valence electrons. The van der Waals surface area contributed by atoms with Crippen LogP contribution in [0.4, 0.5) is 10.2 Å². The highest BCUT2D eigenvalue weighted by Crippen LogP contribution is 2.38. The van der Waals surface area contributed by atoms with Gasteiger partial charge < -0.3 is 29.6 Å². The molecule has 2 bridgehead atoms. The zero-order valence-corrected chi connectivity index (χ0v) is 21.8. The summed E-state index contributed by atoms with van der Waals surface area (Å²) < 4.78 is 28.0. The molecular weight excluding hydrogens is 483 g/mol. The van der Waals surface area contributed by atoms with Gasteiger partial charge in [-0.15, -0.1) is 0 Å². The number of nitrogens with one attached hydrogen (secondary N) is 2. The molecule has 2 aromatic carbocycles. The third-order valence-electron chi connectivity index (χ3n) is 8.54. The van der Waals surface area contributed by atoms with E-state index in [2.05, 4.69) is 32.1 Å². The Morgan fingerprint density at radius 1 is 1.03 bits per heavy atom. The van der Waals surface area contributed by atoms with E-state index in [1.165, 1.54) is 0 Å². The summed E-state index contributed by atoms with van der Waals surface area (Å²) in [4.78, 5) is 17.4. The Labute approximate surface area is 221 Å². The maximum Gasteiger partial charge on any atom is 0.319 e. The molecule has 0 spiro atoms. The lowest BCUT2D eigenvalue weighted by Gasteiger charge is -2.34. The summed E-state index contributed by atoms with van der Waals surface area (Å²) in [7, 11) is 3.75. The average molecular weight is 517 g/mol. The van der Waals surface area contributed by atoms with Crippen molar-refractivity contribution in [3.8, 4) is 22.9 Å². The van der Waals surface area contributed by atoms with Crippen LogP contribution in [-0.4, -0.2) is 78.4 Å². The fourth-order valence-electron chi connectivity index (χ4n) is 6.42. The number of benzene rings is 2. The van der Waals surface area contributed by atoms with Crippen molar-refractivity contribution in [2.24, 2.45) is 0 Å². The predicted octanol–water partition coefficient (Wildman–Crippen LogP) is 4.34. The number of aromatic nitrogens is 3. The Hall–Kier alpha value is -3.43. The molecule has 9 heteroatoms. The standard InChI is InChI=1S/C29H33FN6O2/c1-35-11-3-4-19(35)16-38-29-33-27-22(28(34-29)36-14-17-5-6-18(15-36)32-17)9-8-21(26(27)30)24-13-31-25-10-7-20(37-2)12-23(24)25/h7-10,12-13,17-19,31-32H,3-6,11,14-16H2,1-2H3/t17-,18+,19-/m0/s1. The molecule has 0 unspecified atom stereocenters. The van der Waals surface area contributed by atoms with Crippen LogP contribution in [-0.2, 0) is 0 Å². The number of nitrogens with zero attached hydrogens (tertiary/aromatic N) is 4. The summed E-state index contributed by atoms with van der Waals surface area (Å²) in [6, 6.07) is 11.0. The van der Waals surface area contributed by atoms with E-state index in [0.717, 1.165) is 78.7 Å². The third kappa shape index (κ3) is 4.05. The number of piperazine rings is 1. The average Bonchev–Trinajstić information content (AvgIpc) is 3.64. The summed E-state index contributed by atoms with van der Waals surface area (Å²) in [5.41, 5.74) is 2.48. The van der Waals surface area contributed by atoms with Crippen LogP contribution < -0.4 is 19.7 Å². The van der Waals surface area contributed by atoms with E-state index in [1.54, 1.807) is 7.11 Å². The number of likely N-dealkylation sites (tertiary alicyclic amines) is 1. The number of H-pyrrole nitrogens is 1. The van der Waals surface area contributed by atoms with Gasteiger partial charge in [-0.3, -0.25) is 0 Å². The lowest BCUT2D eigenvalue weighted by atomic mass is 10.0. The van der Waals surface area contributed by atoms with E-state index >= 15 is 4.39 Å². The predicted molar refractivity (Wildman–Crippen MR) is 147 cm³/mol. The van der Waals surface area contributed by atoms with Gasteiger partial charge in [0, 0.05) is 64.8 Å². The quantitative estimate of drug-likeness (QED) is 0.395. The second kappa shape index (κ2) is 9.39. The Kier molecular flexibility index (Phi) is 5.85. The summed E-state index contributed by atoms with van der Waals surface area (Å²) >= 11 is 0. The first-order valence-electron chi connectivity index (χ1n) is 13.6. The maximum absolute atomic E-state index is 16.4.